The van der Waals surface area contributed by atoms with Crippen molar-refractivity contribution < 1.29 is 24.1 Å². The number of phenols is 1. The predicted molar refractivity (Wildman–Crippen MR) is 161 cm³/mol. The van der Waals surface area contributed by atoms with Gasteiger partial charge in [-0.1, -0.05) is 17.7 Å². The Morgan fingerprint density at radius 1 is 1.22 bits per heavy atom. The van der Waals surface area contributed by atoms with Crippen molar-refractivity contribution in [2.45, 2.75) is 31.6 Å². The number of aliphatic hydroxyl groups is 1. The fourth-order valence-electron chi connectivity index (χ4n) is 5.39. The zero-order valence-electron chi connectivity index (χ0n) is 22.9. The van der Waals surface area contributed by atoms with Gasteiger partial charge in [0.1, 0.15) is 11.3 Å². The Bertz CT molecular complexity index is 1510. The number of pyridine rings is 1. The molecule has 2 fully saturated rings. The van der Waals surface area contributed by atoms with E-state index in [4.69, 9.17) is 21.4 Å². The number of carbonyl (C=O) groups is 1. The number of aromatic hydroxyl groups is 1. The minimum Gasteiger partial charge on any atom is -0.504 e. The van der Waals surface area contributed by atoms with Crippen molar-refractivity contribution in [3.63, 3.8) is 0 Å². The highest BCUT2D eigenvalue weighted by Crippen LogP contribution is 2.47. The number of phenolic OH excluding ortho intramolecular Hbond substituents is 1. The molecule has 0 radical (unpaired) electrons. The maximum Gasteiger partial charge on any atom is 0.257 e. The van der Waals surface area contributed by atoms with Gasteiger partial charge in [-0.2, -0.15) is 0 Å². The van der Waals surface area contributed by atoms with Crippen molar-refractivity contribution in [1.82, 2.24) is 14.8 Å². The van der Waals surface area contributed by atoms with Gasteiger partial charge >= 0.3 is 0 Å². The third-order valence-electron chi connectivity index (χ3n) is 7.84. The molecule has 1 saturated heterocycles. The summed E-state index contributed by atoms with van der Waals surface area (Å²) in [5.74, 6) is -1.56. The standard InChI is InChI=1S/C29H35ClFN4O5P/c1-17-12-19(30)3-2-18(17)15-32-29(39)21-16-35(23-14-24(23)41)25-20(27(21)37)13-22(31)26(28(25)38)34-6-4-33(5-7-34)8-10-40-11-9-36/h2-3,12-13,16,23-24,36,38H,4-11,14-15,41H2,1H3,(H,32,39). The van der Waals surface area contributed by atoms with Gasteiger partial charge < -0.3 is 29.7 Å². The summed E-state index contributed by atoms with van der Waals surface area (Å²) in [7, 11) is 2.74. The number of ether oxygens (including phenoxy) is 1. The highest BCUT2D eigenvalue weighted by atomic mass is 35.5. The van der Waals surface area contributed by atoms with E-state index in [2.05, 4.69) is 19.5 Å². The molecule has 12 heteroatoms. The first kappa shape index (κ1) is 29.7. The van der Waals surface area contributed by atoms with Crippen LogP contribution in [0, 0.1) is 12.7 Å². The summed E-state index contributed by atoms with van der Waals surface area (Å²) in [6, 6.07) is 6.46. The quantitative estimate of drug-likeness (QED) is 0.241. The molecular formula is C29H35ClFN4O5P. The lowest BCUT2D eigenvalue weighted by Crippen LogP contribution is -2.47. The van der Waals surface area contributed by atoms with E-state index in [0.29, 0.717) is 51.0 Å². The molecule has 1 aliphatic carbocycles. The number of nitrogens with one attached hydrogen (secondary N) is 1. The molecule has 1 amide bonds. The highest BCUT2D eigenvalue weighted by molar-refractivity contribution is 7.18. The molecule has 9 nitrogen and oxygen atoms in total. The van der Waals surface area contributed by atoms with E-state index in [-0.39, 0.29) is 52.8 Å². The van der Waals surface area contributed by atoms with Crippen molar-refractivity contribution in [3.8, 4) is 5.75 Å². The topological polar surface area (TPSA) is 107 Å². The first-order chi connectivity index (χ1) is 19.7. The Kier molecular flexibility index (Phi) is 9.16. The summed E-state index contributed by atoms with van der Waals surface area (Å²) in [6.45, 7) is 5.82. The maximum absolute atomic E-state index is 15.6. The lowest BCUT2D eigenvalue weighted by molar-refractivity contribution is 0.0724. The van der Waals surface area contributed by atoms with Crippen LogP contribution in [-0.4, -0.2) is 83.8 Å². The minimum absolute atomic E-state index is 0.0209. The highest BCUT2D eigenvalue weighted by Gasteiger charge is 2.37. The largest absolute Gasteiger partial charge is 0.504 e. The molecule has 5 rings (SSSR count). The van der Waals surface area contributed by atoms with Crippen LogP contribution < -0.4 is 15.6 Å². The van der Waals surface area contributed by atoms with E-state index < -0.39 is 17.2 Å². The lowest BCUT2D eigenvalue weighted by Gasteiger charge is -2.36. The number of hydrogen-bond donors (Lipinski definition) is 3. The first-order valence-corrected chi connectivity index (χ1v) is 14.8. The van der Waals surface area contributed by atoms with Gasteiger partial charge in [0.05, 0.1) is 30.7 Å². The van der Waals surface area contributed by atoms with E-state index in [9.17, 15) is 14.7 Å². The molecule has 220 valence electrons. The molecule has 3 aromatic rings. The van der Waals surface area contributed by atoms with Gasteiger partial charge in [-0.05, 0) is 48.3 Å². The Morgan fingerprint density at radius 3 is 2.61 bits per heavy atom. The number of amides is 1. The number of fused-ring (bicyclic) bond motifs is 1. The Hall–Kier alpha value is -2.75. The molecule has 3 N–H and O–H groups in total. The number of aromatic nitrogens is 1. The van der Waals surface area contributed by atoms with Gasteiger partial charge in [0, 0.05) is 56.5 Å². The molecule has 1 aromatic heterocycles. The number of rotatable bonds is 10. The average Bonchev–Trinajstić information content (AvgIpc) is 3.68. The predicted octanol–water partition coefficient (Wildman–Crippen LogP) is 3.06. The summed E-state index contributed by atoms with van der Waals surface area (Å²) in [5.41, 5.74) is 1.56. The number of carbonyl (C=O) groups excluding carboxylic acids is 1. The SMILES string of the molecule is Cc1cc(Cl)ccc1CNC(=O)c1cn(C2CC2P)c2c(O)c(N3CCN(CCOCCO)CC3)c(F)cc2c1=O. The zero-order chi connectivity index (χ0) is 29.3. The van der Waals surface area contributed by atoms with Crippen LogP contribution in [0.25, 0.3) is 10.9 Å². The third-order valence-corrected chi connectivity index (χ3v) is 8.79. The Morgan fingerprint density at radius 2 is 1.95 bits per heavy atom. The second kappa shape index (κ2) is 12.6. The number of aryl methyl sites for hydroxylation is 1. The van der Waals surface area contributed by atoms with Crippen molar-refractivity contribution >= 4 is 43.3 Å². The van der Waals surface area contributed by atoms with Crippen LogP contribution in [0.4, 0.5) is 10.1 Å². The molecule has 2 aromatic carbocycles. The number of piperazine rings is 1. The number of halogens is 2. The van der Waals surface area contributed by atoms with Gasteiger partial charge in [0.2, 0.25) is 5.43 Å². The van der Waals surface area contributed by atoms with Crippen LogP contribution in [0.5, 0.6) is 5.75 Å². The fourth-order valence-corrected chi connectivity index (χ4v) is 6.08. The second-order valence-electron chi connectivity index (χ2n) is 10.6. The van der Waals surface area contributed by atoms with E-state index in [1.165, 1.54) is 6.20 Å². The number of aliphatic hydroxyl groups excluding tert-OH is 1. The smallest absolute Gasteiger partial charge is 0.257 e. The van der Waals surface area contributed by atoms with Crippen molar-refractivity contribution in [2.75, 3.05) is 57.4 Å². The number of hydrogen-bond acceptors (Lipinski definition) is 7. The third kappa shape index (κ3) is 6.37. The average molecular weight is 605 g/mol. The first-order valence-electron chi connectivity index (χ1n) is 13.7. The molecule has 41 heavy (non-hydrogen) atoms. The summed E-state index contributed by atoms with van der Waals surface area (Å²) >= 11 is 6.04. The van der Waals surface area contributed by atoms with Gasteiger partial charge in [0.15, 0.2) is 11.6 Å². The molecule has 1 aliphatic heterocycles. The monoisotopic (exact) mass is 604 g/mol. The summed E-state index contributed by atoms with van der Waals surface area (Å²) in [4.78, 5) is 30.7. The summed E-state index contributed by atoms with van der Waals surface area (Å²) < 4.78 is 22.7. The van der Waals surface area contributed by atoms with Gasteiger partial charge in [-0.3, -0.25) is 14.5 Å². The van der Waals surface area contributed by atoms with Crippen molar-refractivity contribution in [3.05, 3.63) is 68.2 Å². The lowest BCUT2D eigenvalue weighted by atomic mass is 10.1. The molecule has 2 aliphatic rings. The minimum atomic E-state index is -0.703. The number of nitrogens with zero attached hydrogens (tertiary/aromatic N) is 3. The van der Waals surface area contributed by atoms with Crippen molar-refractivity contribution in [2.24, 2.45) is 0 Å². The van der Waals surface area contributed by atoms with Crippen LogP contribution in [0.1, 0.15) is 33.9 Å². The van der Waals surface area contributed by atoms with Crippen LogP contribution in [-0.2, 0) is 11.3 Å². The number of benzene rings is 2. The van der Waals surface area contributed by atoms with E-state index in [0.717, 1.165) is 23.6 Å². The van der Waals surface area contributed by atoms with Crippen LogP contribution in [0.2, 0.25) is 5.02 Å². The molecule has 0 spiro atoms. The van der Waals surface area contributed by atoms with Gasteiger partial charge in [-0.25, -0.2) is 4.39 Å². The number of anilines is 1. The van der Waals surface area contributed by atoms with Crippen LogP contribution in [0.15, 0.2) is 35.3 Å². The Labute approximate surface area is 245 Å². The normalized spacial score (nSPS) is 19.1. The Balaban J connectivity index is 1.43. The van der Waals surface area contributed by atoms with Crippen molar-refractivity contribution in [1.29, 1.82) is 0 Å². The molecular weight excluding hydrogens is 570 g/mol. The molecule has 1 saturated carbocycles. The zero-order valence-corrected chi connectivity index (χ0v) is 24.8. The van der Waals surface area contributed by atoms with E-state index >= 15 is 4.39 Å². The van der Waals surface area contributed by atoms with E-state index in [1.54, 1.807) is 21.6 Å². The molecule has 0 bridgehead atoms. The molecule has 2 heterocycles. The maximum atomic E-state index is 15.6. The summed E-state index contributed by atoms with van der Waals surface area (Å²) in [5, 5.41) is 23.7. The summed E-state index contributed by atoms with van der Waals surface area (Å²) in [6.07, 6.45) is 2.28. The van der Waals surface area contributed by atoms with Gasteiger partial charge in [-0.15, -0.1) is 9.24 Å². The molecule has 3 atom stereocenters. The van der Waals surface area contributed by atoms with Crippen LogP contribution in [0.3, 0.4) is 0 Å². The molecule has 3 unspecified atom stereocenters. The second-order valence-corrected chi connectivity index (χ2v) is 11.9. The van der Waals surface area contributed by atoms with Crippen LogP contribution >= 0.6 is 20.8 Å². The van der Waals surface area contributed by atoms with Gasteiger partial charge in [0.25, 0.3) is 5.91 Å². The fraction of sp³-hybridized carbons (Fsp3) is 0.448. The van der Waals surface area contributed by atoms with E-state index in [1.807, 2.05) is 13.0 Å².